The molecule has 4 heteroatoms. The molecule has 0 aliphatic carbocycles. The molecule has 0 bridgehead atoms. The van der Waals surface area contributed by atoms with Crippen LogP contribution in [0.4, 0.5) is 22.7 Å². The second-order valence-corrected chi connectivity index (χ2v) is 4.48. The van der Waals surface area contributed by atoms with E-state index in [9.17, 15) is 0 Å². The van der Waals surface area contributed by atoms with E-state index in [1.54, 1.807) is 12.1 Å². The molecule has 96 valence electrons. The molecule has 4 nitrogen and oxygen atoms in total. The molecule has 19 heavy (non-hydrogen) atoms. The van der Waals surface area contributed by atoms with Crippen LogP contribution < -0.4 is 16.0 Å². The first-order valence-electron chi connectivity index (χ1n) is 5.94. The van der Waals surface area contributed by atoms with E-state index < -0.39 is 0 Å². The minimum absolute atomic E-state index is 0.481. The molecule has 0 spiro atoms. The van der Waals surface area contributed by atoms with Crippen LogP contribution in [0.2, 0.25) is 0 Å². The van der Waals surface area contributed by atoms with E-state index in [1.165, 1.54) is 0 Å². The van der Waals surface area contributed by atoms with Crippen LogP contribution >= 0.6 is 0 Å². The Morgan fingerprint density at radius 2 is 1.68 bits per heavy atom. The van der Waals surface area contributed by atoms with Crippen molar-refractivity contribution in [1.29, 1.82) is 5.26 Å². The largest absolute Gasteiger partial charge is 0.398 e. The highest BCUT2D eigenvalue weighted by Crippen LogP contribution is 2.22. The maximum Gasteiger partial charge on any atom is 0.101 e. The Morgan fingerprint density at radius 1 is 1.05 bits per heavy atom. The first-order valence-corrected chi connectivity index (χ1v) is 5.94. The third-order valence-corrected chi connectivity index (χ3v) is 2.85. The molecule has 0 fully saturated rings. The van der Waals surface area contributed by atoms with Crippen molar-refractivity contribution in [2.24, 2.45) is 0 Å². The second kappa shape index (κ2) is 5.32. The molecule has 0 aliphatic rings. The lowest BCUT2D eigenvalue weighted by atomic mass is 10.1. The number of rotatable bonds is 3. The van der Waals surface area contributed by atoms with Gasteiger partial charge in [-0.25, -0.2) is 0 Å². The van der Waals surface area contributed by atoms with Crippen molar-refractivity contribution in [3.8, 4) is 6.07 Å². The highest BCUT2D eigenvalue weighted by Gasteiger charge is 2.01. The SMILES string of the molecule is CN(C)c1ccc(Nc2ccc(N)c(C#N)c2)cc1. The number of benzene rings is 2. The van der Waals surface area contributed by atoms with Crippen molar-refractivity contribution in [1.82, 2.24) is 0 Å². The molecule has 3 N–H and O–H groups in total. The summed E-state index contributed by atoms with van der Waals surface area (Å²) in [4.78, 5) is 2.04. The molecule has 0 saturated carbocycles. The number of nitrogens with zero attached hydrogens (tertiary/aromatic N) is 2. The monoisotopic (exact) mass is 252 g/mol. The summed E-state index contributed by atoms with van der Waals surface area (Å²) in [6.07, 6.45) is 0. The third-order valence-electron chi connectivity index (χ3n) is 2.85. The Kier molecular flexibility index (Phi) is 3.58. The fourth-order valence-electron chi connectivity index (χ4n) is 1.74. The van der Waals surface area contributed by atoms with Crippen molar-refractivity contribution in [3.63, 3.8) is 0 Å². The quantitative estimate of drug-likeness (QED) is 0.824. The average molecular weight is 252 g/mol. The van der Waals surface area contributed by atoms with Gasteiger partial charge in [-0.3, -0.25) is 0 Å². The average Bonchev–Trinajstić information content (AvgIpc) is 2.41. The number of nitrogens with two attached hydrogens (primary N) is 1. The maximum absolute atomic E-state index is 8.94. The molecule has 0 aliphatic heterocycles. The Hall–Kier alpha value is -2.67. The summed E-state index contributed by atoms with van der Waals surface area (Å²) in [7, 11) is 4.00. The van der Waals surface area contributed by atoms with Gasteiger partial charge in [-0.15, -0.1) is 0 Å². The number of nitriles is 1. The van der Waals surface area contributed by atoms with Crippen molar-refractivity contribution >= 4 is 22.7 Å². The molecule has 0 amide bonds. The van der Waals surface area contributed by atoms with Gasteiger partial charge in [-0.05, 0) is 42.5 Å². The fraction of sp³-hybridized carbons (Fsp3) is 0.133. The van der Waals surface area contributed by atoms with E-state index in [4.69, 9.17) is 11.0 Å². The van der Waals surface area contributed by atoms with E-state index in [2.05, 4.69) is 11.4 Å². The molecular weight excluding hydrogens is 236 g/mol. The summed E-state index contributed by atoms with van der Waals surface area (Å²) in [6.45, 7) is 0. The minimum Gasteiger partial charge on any atom is -0.398 e. The summed E-state index contributed by atoms with van der Waals surface area (Å²) in [5.74, 6) is 0. The normalized spacial score (nSPS) is 9.74. The fourth-order valence-corrected chi connectivity index (χ4v) is 1.74. The molecule has 0 atom stereocenters. The molecule has 0 aromatic heterocycles. The van der Waals surface area contributed by atoms with E-state index in [1.807, 2.05) is 49.3 Å². The molecule has 0 heterocycles. The lowest BCUT2D eigenvalue weighted by Crippen LogP contribution is -2.08. The first kappa shape index (κ1) is 12.8. The van der Waals surface area contributed by atoms with Gasteiger partial charge in [-0.1, -0.05) is 0 Å². The Bertz CT molecular complexity index is 609. The van der Waals surface area contributed by atoms with Gasteiger partial charge in [0.25, 0.3) is 0 Å². The van der Waals surface area contributed by atoms with Gasteiger partial charge < -0.3 is 16.0 Å². The van der Waals surface area contributed by atoms with Gasteiger partial charge in [-0.2, -0.15) is 5.26 Å². The summed E-state index contributed by atoms with van der Waals surface area (Å²) in [5, 5.41) is 12.2. The topological polar surface area (TPSA) is 65.1 Å². The second-order valence-electron chi connectivity index (χ2n) is 4.48. The van der Waals surface area contributed by atoms with Crippen LogP contribution in [0.5, 0.6) is 0 Å². The highest BCUT2D eigenvalue weighted by atomic mass is 15.1. The number of hydrogen-bond acceptors (Lipinski definition) is 4. The van der Waals surface area contributed by atoms with E-state index in [0.717, 1.165) is 17.1 Å². The van der Waals surface area contributed by atoms with Crippen molar-refractivity contribution in [2.45, 2.75) is 0 Å². The van der Waals surface area contributed by atoms with Crippen LogP contribution in [-0.4, -0.2) is 14.1 Å². The highest BCUT2D eigenvalue weighted by molar-refractivity contribution is 5.68. The summed E-state index contributed by atoms with van der Waals surface area (Å²) < 4.78 is 0. The van der Waals surface area contributed by atoms with Crippen LogP contribution in [0, 0.1) is 11.3 Å². The molecule has 0 radical (unpaired) electrons. The number of hydrogen-bond donors (Lipinski definition) is 2. The van der Waals surface area contributed by atoms with Crippen LogP contribution in [0.1, 0.15) is 5.56 Å². The Morgan fingerprint density at radius 3 is 2.26 bits per heavy atom. The van der Waals surface area contributed by atoms with Crippen molar-refractivity contribution in [2.75, 3.05) is 30.0 Å². The number of anilines is 4. The third kappa shape index (κ3) is 2.96. The van der Waals surface area contributed by atoms with E-state index in [-0.39, 0.29) is 0 Å². The van der Waals surface area contributed by atoms with Gasteiger partial charge in [0.1, 0.15) is 6.07 Å². The van der Waals surface area contributed by atoms with E-state index >= 15 is 0 Å². The molecule has 0 unspecified atom stereocenters. The summed E-state index contributed by atoms with van der Waals surface area (Å²) in [6, 6.07) is 15.5. The smallest absolute Gasteiger partial charge is 0.101 e. The van der Waals surface area contributed by atoms with E-state index in [0.29, 0.717) is 11.3 Å². The zero-order valence-corrected chi connectivity index (χ0v) is 11.0. The predicted molar refractivity (Wildman–Crippen MR) is 79.6 cm³/mol. The van der Waals surface area contributed by atoms with Crippen LogP contribution in [0.3, 0.4) is 0 Å². The molecular formula is C15H16N4. The lowest BCUT2D eigenvalue weighted by molar-refractivity contribution is 1.13. The van der Waals surface area contributed by atoms with Crippen molar-refractivity contribution < 1.29 is 0 Å². The van der Waals surface area contributed by atoms with Gasteiger partial charge >= 0.3 is 0 Å². The molecule has 2 rings (SSSR count). The Balaban J connectivity index is 2.19. The van der Waals surface area contributed by atoms with Gasteiger partial charge in [0.2, 0.25) is 0 Å². The molecule has 0 saturated heterocycles. The van der Waals surface area contributed by atoms with Gasteiger partial charge in [0.15, 0.2) is 0 Å². The van der Waals surface area contributed by atoms with Crippen molar-refractivity contribution in [3.05, 3.63) is 48.0 Å². The predicted octanol–water partition coefficient (Wildman–Crippen LogP) is 2.95. The summed E-state index contributed by atoms with van der Waals surface area (Å²) in [5.41, 5.74) is 9.63. The molecule has 2 aromatic rings. The van der Waals surface area contributed by atoms with Gasteiger partial charge in [0, 0.05) is 36.8 Å². The maximum atomic E-state index is 8.94. The summed E-state index contributed by atoms with van der Waals surface area (Å²) >= 11 is 0. The van der Waals surface area contributed by atoms with Crippen LogP contribution in [-0.2, 0) is 0 Å². The standard InChI is InChI=1S/C15H16N4/c1-19(2)14-6-3-12(4-7-14)18-13-5-8-15(17)11(9-13)10-16/h3-9,18H,17H2,1-2H3. The first-order chi connectivity index (χ1) is 9.10. The minimum atomic E-state index is 0.481. The van der Waals surface area contributed by atoms with Gasteiger partial charge in [0.05, 0.1) is 5.56 Å². The molecule has 2 aromatic carbocycles. The number of nitrogen functional groups attached to an aromatic ring is 1. The van der Waals surface area contributed by atoms with Crippen LogP contribution in [0.15, 0.2) is 42.5 Å². The van der Waals surface area contributed by atoms with Crippen LogP contribution in [0.25, 0.3) is 0 Å². The zero-order chi connectivity index (χ0) is 13.8. The lowest BCUT2D eigenvalue weighted by Gasteiger charge is -2.13. The zero-order valence-electron chi connectivity index (χ0n) is 11.0. The Labute approximate surface area is 113 Å². The number of nitrogens with one attached hydrogen (secondary N) is 1.